The van der Waals surface area contributed by atoms with Crippen molar-refractivity contribution in [3.8, 4) is 0 Å². The molecule has 0 aromatic carbocycles. The van der Waals surface area contributed by atoms with Crippen molar-refractivity contribution in [2.45, 2.75) is 24.4 Å². The molecule has 3 saturated heterocycles. The highest BCUT2D eigenvalue weighted by atomic mass is 32.2. The van der Waals surface area contributed by atoms with Crippen molar-refractivity contribution in [2.24, 2.45) is 0 Å². The van der Waals surface area contributed by atoms with E-state index in [1.807, 2.05) is 11.8 Å². The Hall–Kier alpha value is -1.28. The number of hydrogen-bond donors (Lipinski definition) is 3. The van der Waals surface area contributed by atoms with Gasteiger partial charge >= 0.3 is 6.03 Å². The first-order valence-electron chi connectivity index (χ1n) is 6.82. The predicted octanol–water partition coefficient (Wildman–Crippen LogP) is -1.11. The van der Waals surface area contributed by atoms with Crippen LogP contribution >= 0.6 is 11.8 Å². The molecule has 2 unspecified atom stereocenters. The number of nitrogens with one attached hydrogen (secondary N) is 3. The van der Waals surface area contributed by atoms with Crippen LogP contribution in [0.25, 0.3) is 0 Å². The summed E-state index contributed by atoms with van der Waals surface area (Å²) in [5.74, 6) is 1.77. The number of likely N-dealkylation sites (tertiary alicyclic amines) is 1. The zero-order valence-electron chi connectivity index (χ0n) is 11.1. The molecule has 0 aromatic rings. The number of hydrogen-bond acceptors (Lipinski definition) is 5. The van der Waals surface area contributed by atoms with Gasteiger partial charge in [-0.25, -0.2) is 4.79 Å². The Labute approximate surface area is 121 Å². The van der Waals surface area contributed by atoms with Crippen molar-refractivity contribution in [3.05, 3.63) is 0 Å². The van der Waals surface area contributed by atoms with Gasteiger partial charge in [-0.1, -0.05) is 0 Å². The van der Waals surface area contributed by atoms with Crippen LogP contribution in [0.3, 0.4) is 0 Å². The van der Waals surface area contributed by atoms with Crippen LogP contribution in [0, 0.1) is 0 Å². The summed E-state index contributed by atoms with van der Waals surface area (Å²) in [4.78, 5) is 37.0. The fourth-order valence-electron chi connectivity index (χ4n) is 2.93. The first-order chi connectivity index (χ1) is 9.59. The summed E-state index contributed by atoms with van der Waals surface area (Å²) in [6.07, 6.45) is 0.946. The average molecular weight is 298 g/mol. The van der Waals surface area contributed by atoms with Crippen LogP contribution < -0.4 is 16.0 Å². The van der Waals surface area contributed by atoms with Crippen molar-refractivity contribution in [1.82, 2.24) is 20.9 Å². The Balaban J connectivity index is 1.58. The van der Waals surface area contributed by atoms with E-state index in [1.54, 1.807) is 4.90 Å². The van der Waals surface area contributed by atoms with Crippen molar-refractivity contribution < 1.29 is 14.4 Å². The molecule has 4 amide bonds. The molecule has 2 atom stereocenters. The number of carbonyl (C=O) groups is 3. The number of thioether (sulfide) groups is 1. The van der Waals surface area contributed by atoms with E-state index in [1.165, 1.54) is 0 Å². The maximum atomic E-state index is 12.3. The van der Waals surface area contributed by atoms with Crippen LogP contribution in [0.4, 0.5) is 4.79 Å². The van der Waals surface area contributed by atoms with Gasteiger partial charge in [-0.3, -0.25) is 14.9 Å². The van der Waals surface area contributed by atoms with Crippen LogP contribution in [0.1, 0.15) is 12.8 Å². The van der Waals surface area contributed by atoms with Crippen molar-refractivity contribution in [2.75, 3.05) is 31.1 Å². The lowest BCUT2D eigenvalue weighted by Crippen LogP contribution is -2.50. The lowest BCUT2D eigenvalue weighted by atomic mass is 9.99. The smallest absolute Gasteiger partial charge is 0.322 e. The minimum atomic E-state index is -0.901. The molecule has 3 aliphatic heterocycles. The zero-order valence-corrected chi connectivity index (χ0v) is 11.9. The van der Waals surface area contributed by atoms with Crippen molar-refractivity contribution >= 4 is 29.6 Å². The number of rotatable bonds is 2. The van der Waals surface area contributed by atoms with E-state index in [4.69, 9.17) is 0 Å². The van der Waals surface area contributed by atoms with E-state index >= 15 is 0 Å². The van der Waals surface area contributed by atoms with Gasteiger partial charge in [0.05, 0.1) is 6.54 Å². The molecule has 3 fully saturated rings. The number of imide groups is 1. The summed E-state index contributed by atoms with van der Waals surface area (Å²) in [5.41, 5.74) is -0.901. The summed E-state index contributed by atoms with van der Waals surface area (Å²) in [7, 11) is 0. The quantitative estimate of drug-likeness (QED) is 0.563. The first-order valence-corrected chi connectivity index (χ1v) is 7.97. The Morgan fingerprint density at radius 3 is 2.95 bits per heavy atom. The normalized spacial score (nSPS) is 33.4. The van der Waals surface area contributed by atoms with Crippen LogP contribution in [0.2, 0.25) is 0 Å². The molecule has 0 saturated carbocycles. The highest BCUT2D eigenvalue weighted by molar-refractivity contribution is 7.99. The number of carbonyl (C=O) groups excluding carboxylic acids is 3. The Bertz CT molecular complexity index is 452. The molecule has 0 aromatic heterocycles. The van der Waals surface area contributed by atoms with Gasteiger partial charge in [0.2, 0.25) is 5.91 Å². The summed E-state index contributed by atoms with van der Waals surface area (Å²) in [6, 6.07) is -0.251. The monoisotopic (exact) mass is 298 g/mol. The van der Waals surface area contributed by atoms with Gasteiger partial charge in [0, 0.05) is 37.1 Å². The van der Waals surface area contributed by atoms with E-state index in [-0.39, 0.29) is 24.4 Å². The molecular weight excluding hydrogens is 280 g/mol. The third-order valence-corrected chi connectivity index (χ3v) is 5.19. The third-order valence-electron chi connectivity index (χ3n) is 4.06. The Morgan fingerprint density at radius 1 is 1.45 bits per heavy atom. The number of amides is 4. The van der Waals surface area contributed by atoms with Gasteiger partial charge < -0.3 is 15.5 Å². The molecule has 1 spiro atoms. The molecule has 3 rings (SSSR count). The minimum absolute atomic E-state index is 0.0517. The second kappa shape index (κ2) is 5.25. The Morgan fingerprint density at radius 2 is 2.30 bits per heavy atom. The molecule has 110 valence electrons. The highest BCUT2D eigenvalue weighted by Gasteiger charge is 2.51. The molecule has 0 bridgehead atoms. The largest absolute Gasteiger partial charge is 0.340 e. The second-order valence-electron chi connectivity index (χ2n) is 5.49. The summed E-state index contributed by atoms with van der Waals surface area (Å²) in [6.45, 7) is 1.74. The van der Waals surface area contributed by atoms with Gasteiger partial charge in [0.15, 0.2) is 0 Å². The molecule has 20 heavy (non-hydrogen) atoms. The maximum Gasteiger partial charge on any atom is 0.322 e. The molecule has 0 radical (unpaired) electrons. The molecule has 0 aliphatic carbocycles. The van der Waals surface area contributed by atoms with Gasteiger partial charge in [0.25, 0.3) is 5.91 Å². The lowest BCUT2D eigenvalue weighted by molar-refractivity contribution is -0.131. The maximum absolute atomic E-state index is 12.3. The van der Waals surface area contributed by atoms with E-state index in [0.717, 1.165) is 18.1 Å². The summed E-state index contributed by atoms with van der Waals surface area (Å²) in [5, 5.41) is 8.24. The van der Waals surface area contributed by atoms with Crippen LogP contribution in [0.15, 0.2) is 0 Å². The van der Waals surface area contributed by atoms with Gasteiger partial charge in [-0.05, 0) is 6.42 Å². The van der Waals surface area contributed by atoms with Gasteiger partial charge in [0.1, 0.15) is 5.54 Å². The average Bonchev–Trinajstić information content (AvgIpc) is 2.96. The predicted molar refractivity (Wildman–Crippen MR) is 74.3 cm³/mol. The molecule has 8 heteroatoms. The SMILES string of the molecule is O=C1NC(=O)C2(CCN(C(=O)CC3CSCCN3)C2)N1. The third kappa shape index (κ3) is 2.49. The highest BCUT2D eigenvalue weighted by Crippen LogP contribution is 2.25. The summed E-state index contributed by atoms with van der Waals surface area (Å²) < 4.78 is 0. The molecule has 3 aliphatic rings. The topological polar surface area (TPSA) is 90.5 Å². The molecular formula is C12H18N4O3S. The van der Waals surface area contributed by atoms with Gasteiger partial charge in [-0.2, -0.15) is 11.8 Å². The van der Waals surface area contributed by atoms with Crippen LogP contribution in [0.5, 0.6) is 0 Å². The number of nitrogens with zero attached hydrogens (tertiary/aromatic N) is 1. The summed E-state index contributed by atoms with van der Waals surface area (Å²) >= 11 is 1.85. The van der Waals surface area contributed by atoms with Crippen molar-refractivity contribution in [3.63, 3.8) is 0 Å². The standard InChI is InChI=1S/C12H18N4O3S/c17-9(5-8-6-20-4-2-13-8)16-3-1-12(7-16)10(18)14-11(19)15-12/h8,13H,1-7H2,(H2,14,15,18,19). The lowest BCUT2D eigenvalue weighted by Gasteiger charge is -2.26. The first kappa shape index (κ1) is 13.7. The zero-order chi connectivity index (χ0) is 14.2. The van der Waals surface area contributed by atoms with Crippen LogP contribution in [-0.4, -0.2) is 65.5 Å². The van der Waals surface area contributed by atoms with E-state index in [9.17, 15) is 14.4 Å². The molecule has 3 N–H and O–H groups in total. The molecule has 7 nitrogen and oxygen atoms in total. The van der Waals surface area contributed by atoms with E-state index < -0.39 is 11.6 Å². The minimum Gasteiger partial charge on any atom is -0.340 e. The second-order valence-corrected chi connectivity index (χ2v) is 6.64. The van der Waals surface area contributed by atoms with Crippen molar-refractivity contribution in [1.29, 1.82) is 0 Å². The van der Waals surface area contributed by atoms with Gasteiger partial charge in [-0.15, -0.1) is 0 Å². The fraction of sp³-hybridized carbons (Fsp3) is 0.750. The van der Waals surface area contributed by atoms with E-state index in [2.05, 4.69) is 16.0 Å². The fourth-order valence-corrected chi connectivity index (χ4v) is 3.88. The Kier molecular flexibility index (Phi) is 3.59. The van der Waals surface area contributed by atoms with E-state index in [0.29, 0.717) is 19.4 Å². The number of urea groups is 1. The molecule has 3 heterocycles. The van der Waals surface area contributed by atoms with Crippen LogP contribution in [-0.2, 0) is 9.59 Å².